The van der Waals surface area contributed by atoms with Crippen LogP contribution in [0.25, 0.3) is 0 Å². The summed E-state index contributed by atoms with van der Waals surface area (Å²) in [6, 6.07) is 0. The Bertz CT molecular complexity index is 597. The van der Waals surface area contributed by atoms with Gasteiger partial charge in [-0.1, -0.05) is 0 Å². The maximum atomic E-state index is 12.8. The van der Waals surface area contributed by atoms with Gasteiger partial charge in [-0.25, -0.2) is 8.42 Å². The monoisotopic (exact) mass is 336 g/mol. The number of sulfone groups is 1. The maximum absolute atomic E-state index is 12.8. The lowest BCUT2D eigenvalue weighted by Crippen LogP contribution is -2.40. The molecule has 0 spiro atoms. The van der Waals surface area contributed by atoms with Crippen molar-refractivity contribution >= 4 is 20.0 Å². The number of halogens is 3. The predicted octanol–water partition coefficient (Wildman–Crippen LogP) is 1.25. The second kappa shape index (κ2) is 4.33. The van der Waals surface area contributed by atoms with E-state index in [1.165, 1.54) is 0 Å². The first-order chi connectivity index (χ1) is 8.89. The highest BCUT2D eigenvalue weighted by Crippen LogP contribution is 2.60. The Kier molecular flexibility index (Phi) is 3.47. The Balaban J connectivity index is 2.20. The van der Waals surface area contributed by atoms with Crippen LogP contribution < -0.4 is 0 Å². The lowest BCUT2D eigenvalue weighted by Gasteiger charge is -2.22. The highest BCUT2D eigenvalue weighted by Gasteiger charge is 2.68. The van der Waals surface area contributed by atoms with Gasteiger partial charge in [0.1, 0.15) is 0 Å². The summed E-state index contributed by atoms with van der Waals surface area (Å²) in [4.78, 5) is 0. The molecule has 0 aromatic carbocycles. The quantitative estimate of drug-likeness (QED) is 0.682. The van der Waals surface area contributed by atoms with Gasteiger partial charge in [0, 0.05) is 0 Å². The molecule has 0 unspecified atom stereocenters. The first-order valence-corrected chi connectivity index (χ1v) is 9.19. The smallest absolute Gasteiger partial charge is 0.273 e. The zero-order chi connectivity index (χ0) is 15.4. The molecule has 2 saturated carbocycles. The topological polar surface area (TPSA) is 77.5 Å². The average molecular weight is 336 g/mol. The fourth-order valence-corrected chi connectivity index (χ4v) is 6.66. The molecule has 0 heterocycles. The van der Waals surface area contributed by atoms with Crippen LogP contribution in [0.2, 0.25) is 0 Å². The van der Waals surface area contributed by atoms with Crippen LogP contribution in [-0.4, -0.2) is 46.4 Å². The summed E-state index contributed by atoms with van der Waals surface area (Å²) in [5.74, 6) is -1.80. The molecule has 0 radical (unpaired) electrons. The SMILES string of the molecule is COS(=O)(=O)CC1(S(=O)(=O)CC2(C(F)(F)F)CC2)CC1. The summed E-state index contributed by atoms with van der Waals surface area (Å²) in [5.41, 5.74) is -2.18. The molecule has 0 N–H and O–H groups in total. The molecule has 5 nitrogen and oxygen atoms in total. The Morgan fingerprint density at radius 3 is 1.80 bits per heavy atom. The zero-order valence-electron chi connectivity index (χ0n) is 10.7. The Morgan fingerprint density at radius 1 is 1.00 bits per heavy atom. The van der Waals surface area contributed by atoms with Gasteiger partial charge >= 0.3 is 6.18 Å². The van der Waals surface area contributed by atoms with Crippen molar-refractivity contribution in [2.45, 2.75) is 36.6 Å². The molecule has 20 heavy (non-hydrogen) atoms. The lowest BCUT2D eigenvalue weighted by molar-refractivity contribution is -0.180. The third kappa shape index (κ3) is 2.69. The van der Waals surface area contributed by atoms with E-state index in [2.05, 4.69) is 4.18 Å². The van der Waals surface area contributed by atoms with Crippen LogP contribution >= 0.6 is 0 Å². The van der Waals surface area contributed by atoms with Gasteiger partial charge in [0.15, 0.2) is 9.84 Å². The van der Waals surface area contributed by atoms with Gasteiger partial charge in [-0.05, 0) is 25.7 Å². The van der Waals surface area contributed by atoms with E-state index in [-0.39, 0.29) is 25.7 Å². The van der Waals surface area contributed by atoms with Crippen molar-refractivity contribution in [3.63, 3.8) is 0 Å². The fraction of sp³-hybridized carbons (Fsp3) is 1.00. The fourth-order valence-electron chi connectivity index (χ4n) is 2.24. The molecular formula is C10H15F3O5S2. The van der Waals surface area contributed by atoms with Crippen molar-refractivity contribution in [3.05, 3.63) is 0 Å². The molecule has 2 aliphatic rings. The summed E-state index contributed by atoms with van der Waals surface area (Å²) in [6.07, 6.45) is -4.89. The molecule has 0 aromatic rings. The first kappa shape index (κ1) is 16.0. The van der Waals surface area contributed by atoms with E-state index in [1.807, 2.05) is 0 Å². The third-order valence-corrected chi connectivity index (χ3v) is 8.48. The minimum Gasteiger partial charge on any atom is -0.273 e. The van der Waals surface area contributed by atoms with Crippen LogP contribution in [0, 0.1) is 5.41 Å². The standard InChI is InChI=1S/C10H15F3O5S2/c1-18-20(16,17)7-9(4-5-9)19(14,15)6-8(2-3-8)10(11,12)13/h2-7H2,1H3. The van der Waals surface area contributed by atoms with E-state index >= 15 is 0 Å². The summed E-state index contributed by atoms with van der Waals surface area (Å²) >= 11 is 0. The minimum atomic E-state index is -4.57. The van der Waals surface area contributed by atoms with Gasteiger partial charge in [-0.3, -0.25) is 4.18 Å². The van der Waals surface area contributed by atoms with E-state index in [4.69, 9.17) is 0 Å². The molecular weight excluding hydrogens is 321 g/mol. The van der Waals surface area contributed by atoms with Crippen LogP contribution in [0.15, 0.2) is 0 Å². The number of hydrogen-bond acceptors (Lipinski definition) is 5. The van der Waals surface area contributed by atoms with Crippen molar-refractivity contribution in [2.75, 3.05) is 18.6 Å². The second-order valence-electron chi connectivity index (χ2n) is 5.59. The highest BCUT2D eigenvalue weighted by atomic mass is 32.2. The van der Waals surface area contributed by atoms with Crippen LogP contribution in [0.5, 0.6) is 0 Å². The van der Waals surface area contributed by atoms with E-state index in [9.17, 15) is 30.0 Å². The molecule has 0 aromatic heterocycles. The summed E-state index contributed by atoms with van der Waals surface area (Å²) in [5, 5.41) is 0. The van der Waals surface area contributed by atoms with E-state index in [1.54, 1.807) is 0 Å². The first-order valence-electron chi connectivity index (χ1n) is 5.96. The Hall–Kier alpha value is -0.350. The van der Waals surface area contributed by atoms with Gasteiger partial charge in [0.2, 0.25) is 0 Å². The van der Waals surface area contributed by atoms with Gasteiger partial charge < -0.3 is 0 Å². The highest BCUT2D eigenvalue weighted by molar-refractivity contribution is 7.95. The molecule has 2 aliphatic carbocycles. The maximum Gasteiger partial charge on any atom is 0.395 e. The summed E-state index contributed by atoms with van der Waals surface area (Å²) in [6.45, 7) is 0. The van der Waals surface area contributed by atoms with Crippen molar-refractivity contribution in [3.8, 4) is 0 Å². The number of alkyl halides is 3. The largest absolute Gasteiger partial charge is 0.395 e. The van der Waals surface area contributed by atoms with Gasteiger partial charge in [0.05, 0.1) is 28.8 Å². The van der Waals surface area contributed by atoms with Crippen LogP contribution in [0.1, 0.15) is 25.7 Å². The molecule has 118 valence electrons. The normalized spacial score (nSPS) is 24.4. The average Bonchev–Trinajstić information content (AvgIpc) is 3.12. The van der Waals surface area contributed by atoms with Crippen LogP contribution in [0.4, 0.5) is 13.2 Å². The third-order valence-electron chi connectivity index (χ3n) is 4.08. The predicted molar refractivity (Wildman–Crippen MR) is 64.3 cm³/mol. The van der Waals surface area contributed by atoms with E-state index in [0.29, 0.717) is 0 Å². The van der Waals surface area contributed by atoms with Gasteiger partial charge in [-0.2, -0.15) is 21.6 Å². The summed E-state index contributed by atoms with van der Waals surface area (Å²) < 4.78 is 88.2. The van der Waals surface area contributed by atoms with Gasteiger partial charge in [-0.15, -0.1) is 0 Å². The molecule has 0 saturated heterocycles. The Morgan fingerprint density at radius 2 is 1.50 bits per heavy atom. The lowest BCUT2D eigenvalue weighted by atomic mass is 10.1. The van der Waals surface area contributed by atoms with Crippen molar-refractivity contribution < 1.29 is 34.2 Å². The molecule has 2 rings (SSSR count). The summed E-state index contributed by atoms with van der Waals surface area (Å²) in [7, 11) is -7.28. The van der Waals surface area contributed by atoms with Crippen LogP contribution in [0.3, 0.4) is 0 Å². The minimum absolute atomic E-state index is 0.0614. The molecule has 0 aliphatic heterocycles. The van der Waals surface area contributed by atoms with E-state index < -0.39 is 47.8 Å². The van der Waals surface area contributed by atoms with Crippen molar-refractivity contribution in [2.24, 2.45) is 5.41 Å². The van der Waals surface area contributed by atoms with Crippen molar-refractivity contribution in [1.29, 1.82) is 0 Å². The van der Waals surface area contributed by atoms with Crippen molar-refractivity contribution in [1.82, 2.24) is 0 Å². The molecule has 10 heteroatoms. The second-order valence-corrected chi connectivity index (χ2v) is 9.71. The molecule has 0 bridgehead atoms. The molecule has 2 fully saturated rings. The zero-order valence-corrected chi connectivity index (χ0v) is 12.4. The molecule has 0 atom stereocenters. The number of hydrogen-bond donors (Lipinski definition) is 0. The van der Waals surface area contributed by atoms with Crippen LogP contribution in [-0.2, 0) is 24.1 Å². The van der Waals surface area contributed by atoms with E-state index in [0.717, 1.165) is 7.11 Å². The Labute approximate surface area is 115 Å². The number of rotatable bonds is 6. The molecule has 0 amide bonds. The van der Waals surface area contributed by atoms with Gasteiger partial charge in [0.25, 0.3) is 10.1 Å².